The van der Waals surface area contributed by atoms with Crippen LogP contribution in [-0.4, -0.2) is 11.2 Å². The number of alkyl halides is 3. The molecule has 1 aromatic heterocycles. The molecular formula is C21H14F3N3. The number of pyridine rings is 1. The third-order valence-electron chi connectivity index (χ3n) is 4.28. The third kappa shape index (κ3) is 3.46. The fourth-order valence-corrected chi connectivity index (χ4v) is 2.98. The lowest BCUT2D eigenvalue weighted by molar-refractivity contribution is -0.137. The molecule has 4 rings (SSSR count). The Morgan fingerprint density at radius 3 is 2.04 bits per heavy atom. The highest BCUT2D eigenvalue weighted by atomic mass is 19.4. The molecule has 4 aromatic rings. The lowest BCUT2D eigenvalue weighted by Gasteiger charge is -2.08. The van der Waals surface area contributed by atoms with Crippen molar-refractivity contribution in [2.24, 2.45) is 5.10 Å². The van der Waals surface area contributed by atoms with Crippen LogP contribution in [-0.2, 0) is 6.18 Å². The van der Waals surface area contributed by atoms with Gasteiger partial charge in [0.15, 0.2) is 0 Å². The molecule has 0 atom stereocenters. The van der Waals surface area contributed by atoms with Crippen LogP contribution >= 0.6 is 0 Å². The first-order valence-electron chi connectivity index (χ1n) is 8.25. The molecule has 0 bridgehead atoms. The van der Waals surface area contributed by atoms with Crippen molar-refractivity contribution in [2.45, 2.75) is 6.18 Å². The summed E-state index contributed by atoms with van der Waals surface area (Å²) in [5.74, 6) is 0.240. The van der Waals surface area contributed by atoms with E-state index in [1.54, 1.807) is 6.21 Å². The van der Waals surface area contributed by atoms with Crippen LogP contribution in [0.15, 0.2) is 78.0 Å². The molecule has 27 heavy (non-hydrogen) atoms. The van der Waals surface area contributed by atoms with E-state index in [1.165, 1.54) is 6.07 Å². The van der Waals surface area contributed by atoms with Gasteiger partial charge in [0.05, 0.1) is 11.8 Å². The quantitative estimate of drug-likeness (QED) is 0.281. The molecule has 3 nitrogen and oxygen atoms in total. The number of hydrazone groups is 1. The summed E-state index contributed by atoms with van der Waals surface area (Å²) in [6, 6.07) is 20.3. The van der Waals surface area contributed by atoms with Gasteiger partial charge in [0.1, 0.15) is 5.82 Å². The molecule has 0 amide bonds. The molecule has 0 saturated carbocycles. The van der Waals surface area contributed by atoms with Crippen LogP contribution in [0, 0.1) is 0 Å². The van der Waals surface area contributed by atoms with Crippen molar-refractivity contribution in [2.75, 3.05) is 5.43 Å². The van der Waals surface area contributed by atoms with Gasteiger partial charge in [-0.05, 0) is 39.7 Å². The lowest BCUT2D eigenvalue weighted by atomic mass is 9.97. The Morgan fingerprint density at radius 2 is 1.48 bits per heavy atom. The normalized spacial score (nSPS) is 12.1. The van der Waals surface area contributed by atoms with Gasteiger partial charge in [-0.3, -0.25) is 5.43 Å². The van der Waals surface area contributed by atoms with Crippen molar-refractivity contribution in [1.82, 2.24) is 4.98 Å². The van der Waals surface area contributed by atoms with Gasteiger partial charge in [0.25, 0.3) is 0 Å². The molecule has 0 radical (unpaired) electrons. The zero-order chi connectivity index (χ0) is 18.9. The monoisotopic (exact) mass is 365 g/mol. The number of hydrogen-bond donors (Lipinski definition) is 1. The van der Waals surface area contributed by atoms with Crippen molar-refractivity contribution < 1.29 is 13.2 Å². The molecule has 3 aromatic carbocycles. The third-order valence-corrected chi connectivity index (χ3v) is 4.28. The van der Waals surface area contributed by atoms with E-state index >= 15 is 0 Å². The molecular weight excluding hydrogens is 351 g/mol. The highest BCUT2D eigenvalue weighted by Crippen LogP contribution is 2.29. The van der Waals surface area contributed by atoms with Gasteiger partial charge in [-0.2, -0.15) is 18.3 Å². The van der Waals surface area contributed by atoms with Crippen molar-refractivity contribution in [1.29, 1.82) is 0 Å². The van der Waals surface area contributed by atoms with E-state index in [0.29, 0.717) is 0 Å². The maximum Gasteiger partial charge on any atom is 0.417 e. The summed E-state index contributed by atoms with van der Waals surface area (Å²) in [7, 11) is 0. The number of benzene rings is 3. The molecule has 0 saturated heterocycles. The Hall–Kier alpha value is -3.41. The van der Waals surface area contributed by atoms with Gasteiger partial charge < -0.3 is 0 Å². The van der Waals surface area contributed by atoms with Crippen LogP contribution in [0.25, 0.3) is 21.5 Å². The summed E-state index contributed by atoms with van der Waals surface area (Å²) in [5.41, 5.74) is 2.83. The van der Waals surface area contributed by atoms with Gasteiger partial charge in [-0.15, -0.1) is 0 Å². The summed E-state index contributed by atoms with van der Waals surface area (Å²) in [5, 5.41) is 8.45. The first kappa shape index (κ1) is 17.0. The molecule has 0 unspecified atom stereocenters. The van der Waals surface area contributed by atoms with E-state index in [-0.39, 0.29) is 5.82 Å². The van der Waals surface area contributed by atoms with Crippen molar-refractivity contribution in [3.63, 3.8) is 0 Å². The van der Waals surface area contributed by atoms with E-state index in [4.69, 9.17) is 0 Å². The number of anilines is 1. The second-order valence-electron chi connectivity index (χ2n) is 6.03. The van der Waals surface area contributed by atoms with E-state index in [2.05, 4.69) is 21.6 Å². The van der Waals surface area contributed by atoms with E-state index in [1.807, 2.05) is 48.5 Å². The highest BCUT2D eigenvalue weighted by Gasteiger charge is 2.30. The zero-order valence-electron chi connectivity index (χ0n) is 14.0. The molecule has 0 fully saturated rings. The first-order chi connectivity index (χ1) is 13.0. The van der Waals surface area contributed by atoms with Gasteiger partial charge in [0.2, 0.25) is 0 Å². The fourth-order valence-electron chi connectivity index (χ4n) is 2.98. The van der Waals surface area contributed by atoms with Crippen molar-refractivity contribution in [3.8, 4) is 0 Å². The zero-order valence-corrected chi connectivity index (χ0v) is 14.0. The van der Waals surface area contributed by atoms with Crippen LogP contribution in [0.4, 0.5) is 19.0 Å². The second kappa shape index (κ2) is 6.72. The predicted molar refractivity (Wildman–Crippen MR) is 102 cm³/mol. The Bertz CT molecular complexity index is 1080. The Labute approximate surface area is 153 Å². The van der Waals surface area contributed by atoms with Gasteiger partial charge in [0, 0.05) is 11.8 Å². The molecule has 6 heteroatoms. The largest absolute Gasteiger partial charge is 0.417 e. The molecule has 0 aliphatic carbocycles. The summed E-state index contributed by atoms with van der Waals surface area (Å²) in [6.07, 6.45) is -1.95. The smallest absolute Gasteiger partial charge is 0.261 e. The number of halogens is 3. The molecule has 1 heterocycles. The molecule has 0 aliphatic heterocycles. The highest BCUT2D eigenvalue weighted by molar-refractivity contribution is 6.13. The second-order valence-corrected chi connectivity index (χ2v) is 6.03. The van der Waals surface area contributed by atoms with Gasteiger partial charge >= 0.3 is 6.18 Å². The molecule has 0 spiro atoms. The maximum absolute atomic E-state index is 12.6. The number of rotatable bonds is 3. The minimum atomic E-state index is -4.41. The van der Waals surface area contributed by atoms with Crippen molar-refractivity contribution in [3.05, 3.63) is 84.1 Å². The maximum atomic E-state index is 12.6. The number of nitrogens with zero attached hydrogens (tertiary/aromatic N) is 2. The number of hydrogen-bond acceptors (Lipinski definition) is 3. The topological polar surface area (TPSA) is 37.3 Å². The Morgan fingerprint density at radius 1 is 0.852 bits per heavy atom. The van der Waals surface area contributed by atoms with E-state index < -0.39 is 11.7 Å². The SMILES string of the molecule is FC(F)(F)c1ccc(NN=Cc2c3ccccc3cc3ccccc23)nc1. The van der Waals surface area contributed by atoms with Gasteiger partial charge in [-0.25, -0.2) is 4.98 Å². The Balaban J connectivity index is 1.68. The minimum absolute atomic E-state index is 0.240. The van der Waals surface area contributed by atoms with Crippen LogP contribution in [0.1, 0.15) is 11.1 Å². The van der Waals surface area contributed by atoms with Crippen LogP contribution < -0.4 is 5.43 Å². The summed E-state index contributed by atoms with van der Waals surface area (Å²) in [4.78, 5) is 3.76. The van der Waals surface area contributed by atoms with Crippen LogP contribution in [0.3, 0.4) is 0 Å². The lowest BCUT2D eigenvalue weighted by Crippen LogP contribution is -2.05. The predicted octanol–water partition coefficient (Wildman–Crippen LogP) is 5.85. The molecule has 1 N–H and O–H groups in total. The van der Waals surface area contributed by atoms with Crippen LogP contribution in [0.5, 0.6) is 0 Å². The molecule has 134 valence electrons. The average Bonchev–Trinajstić information content (AvgIpc) is 2.67. The fraction of sp³-hybridized carbons (Fsp3) is 0.0476. The average molecular weight is 365 g/mol. The number of fused-ring (bicyclic) bond motifs is 2. The van der Waals surface area contributed by atoms with Gasteiger partial charge in [-0.1, -0.05) is 48.5 Å². The van der Waals surface area contributed by atoms with Crippen molar-refractivity contribution >= 4 is 33.6 Å². The Kier molecular flexibility index (Phi) is 4.24. The summed E-state index contributed by atoms with van der Waals surface area (Å²) in [6.45, 7) is 0. The van der Waals surface area contributed by atoms with E-state index in [0.717, 1.165) is 39.4 Å². The first-order valence-corrected chi connectivity index (χ1v) is 8.25. The number of aromatic nitrogens is 1. The number of nitrogens with one attached hydrogen (secondary N) is 1. The minimum Gasteiger partial charge on any atom is -0.261 e. The van der Waals surface area contributed by atoms with Crippen LogP contribution in [0.2, 0.25) is 0 Å². The van der Waals surface area contributed by atoms with E-state index in [9.17, 15) is 13.2 Å². The summed E-state index contributed by atoms with van der Waals surface area (Å²) >= 11 is 0. The summed E-state index contributed by atoms with van der Waals surface area (Å²) < 4.78 is 37.8. The molecule has 0 aliphatic rings. The standard InChI is InChI=1S/C21H14F3N3/c22-21(23,24)16-9-10-20(25-12-16)27-26-13-19-17-7-3-1-5-14(17)11-15-6-2-4-8-18(15)19/h1-13H,(H,25,27).